The first-order chi connectivity index (χ1) is 11.7. The van der Waals surface area contributed by atoms with Gasteiger partial charge < -0.3 is 4.52 Å². The van der Waals surface area contributed by atoms with Crippen LogP contribution in [0.25, 0.3) is 11.1 Å². The summed E-state index contributed by atoms with van der Waals surface area (Å²) in [5.74, 6) is -0.821. The second kappa shape index (κ2) is 6.89. The van der Waals surface area contributed by atoms with Crippen LogP contribution in [0.5, 0.6) is 5.75 Å². The summed E-state index contributed by atoms with van der Waals surface area (Å²) in [7, 11) is -6.21. The second-order valence-corrected chi connectivity index (χ2v) is 6.19. The standard InChI is InChI=1S/C12H7N2O9PS/c15-13(16)11-8(23-24-19)6-9(25(20,21)22)12(14(17)18)10(11)7-4-2-1-3-5-7/h1-6H,(H,20,21,22). The molecule has 0 aliphatic heterocycles. The predicted octanol–water partition coefficient (Wildman–Crippen LogP) is 3.00. The summed E-state index contributed by atoms with van der Waals surface area (Å²) < 4.78 is 47.5. The number of nitro benzene ring substituents is 2. The minimum Gasteiger partial charge on any atom is -0.400 e. The number of hydrogen-bond acceptors (Lipinski definition) is 8. The molecule has 0 aromatic heterocycles. The Labute approximate surface area is 141 Å². The van der Waals surface area contributed by atoms with Gasteiger partial charge in [-0.2, -0.15) is 8.42 Å². The molecule has 2 rings (SSSR count). The summed E-state index contributed by atoms with van der Waals surface area (Å²) in [6, 6.07) is 7.26. The fourth-order valence-electron chi connectivity index (χ4n) is 2.16. The number of benzene rings is 2. The van der Waals surface area contributed by atoms with Crippen molar-refractivity contribution in [2.24, 2.45) is 0 Å². The quantitative estimate of drug-likeness (QED) is 0.339. The van der Waals surface area contributed by atoms with E-state index in [1.54, 1.807) is 0 Å². The van der Waals surface area contributed by atoms with Crippen LogP contribution >= 0.6 is 8.69 Å². The molecule has 0 fully saturated rings. The van der Waals surface area contributed by atoms with Crippen molar-refractivity contribution in [2.75, 3.05) is 0 Å². The highest BCUT2D eigenvalue weighted by atomic mass is 32.2. The minimum absolute atomic E-state index is 0.0705. The lowest BCUT2D eigenvalue weighted by Gasteiger charge is -2.10. The van der Waals surface area contributed by atoms with Gasteiger partial charge in [0, 0.05) is 6.07 Å². The average Bonchev–Trinajstić information content (AvgIpc) is 2.53. The zero-order valence-corrected chi connectivity index (χ0v) is 13.6. The Morgan fingerprint density at radius 3 is 2.04 bits per heavy atom. The first-order valence-corrected chi connectivity index (χ1v) is 8.38. The average molecular weight is 386 g/mol. The van der Waals surface area contributed by atoms with Crippen molar-refractivity contribution < 1.29 is 31.9 Å². The molecule has 0 unspecified atom stereocenters. The molecule has 2 aromatic rings. The van der Waals surface area contributed by atoms with Crippen LogP contribution in [0, 0.1) is 20.2 Å². The fourth-order valence-corrected chi connectivity index (χ4v) is 3.06. The SMILES string of the molecule is O=POc1cc(S(=O)(=O)O)c([N+](=O)[O-])c(-c2ccccc2)c1[N+](=O)[O-]. The van der Waals surface area contributed by atoms with E-state index in [2.05, 4.69) is 4.52 Å². The van der Waals surface area contributed by atoms with Gasteiger partial charge in [0.1, 0.15) is 5.56 Å². The van der Waals surface area contributed by atoms with Crippen molar-refractivity contribution in [3.63, 3.8) is 0 Å². The molecule has 0 saturated heterocycles. The topological polar surface area (TPSA) is 167 Å². The van der Waals surface area contributed by atoms with Gasteiger partial charge in [-0.1, -0.05) is 30.3 Å². The van der Waals surface area contributed by atoms with E-state index in [-0.39, 0.29) is 5.56 Å². The minimum atomic E-state index is -5.14. The van der Waals surface area contributed by atoms with Gasteiger partial charge in [0.2, 0.25) is 5.75 Å². The lowest BCUT2D eigenvalue weighted by atomic mass is 10.0. The fraction of sp³-hybridized carbons (Fsp3) is 0. The maximum absolute atomic E-state index is 11.5. The third-order valence-corrected chi connectivity index (χ3v) is 4.18. The lowest BCUT2D eigenvalue weighted by molar-refractivity contribution is -0.394. The van der Waals surface area contributed by atoms with Crippen LogP contribution in [-0.2, 0) is 14.7 Å². The molecule has 13 heteroatoms. The van der Waals surface area contributed by atoms with Crippen LogP contribution in [0.4, 0.5) is 11.4 Å². The van der Waals surface area contributed by atoms with Crippen molar-refractivity contribution in [3.8, 4) is 16.9 Å². The number of nitro groups is 2. The number of nitrogens with zero attached hydrogens (tertiary/aromatic N) is 2. The Morgan fingerprint density at radius 2 is 1.60 bits per heavy atom. The van der Waals surface area contributed by atoms with Crippen LogP contribution in [0.15, 0.2) is 41.3 Å². The van der Waals surface area contributed by atoms with Gasteiger partial charge in [-0.15, -0.1) is 0 Å². The molecule has 0 saturated carbocycles. The molecule has 0 bridgehead atoms. The summed E-state index contributed by atoms with van der Waals surface area (Å²) in [5.41, 5.74) is -2.94. The summed E-state index contributed by atoms with van der Waals surface area (Å²) in [6.07, 6.45) is 0. The highest BCUT2D eigenvalue weighted by Crippen LogP contribution is 2.48. The van der Waals surface area contributed by atoms with E-state index >= 15 is 0 Å². The molecular weight excluding hydrogens is 379 g/mol. The maximum Gasteiger partial charge on any atom is 0.396 e. The van der Waals surface area contributed by atoms with Gasteiger partial charge in [-0.05, 0) is 5.56 Å². The molecule has 130 valence electrons. The lowest BCUT2D eigenvalue weighted by Crippen LogP contribution is -2.08. The Balaban J connectivity index is 3.13. The molecule has 0 amide bonds. The smallest absolute Gasteiger partial charge is 0.396 e. The largest absolute Gasteiger partial charge is 0.400 e. The van der Waals surface area contributed by atoms with Gasteiger partial charge >= 0.3 is 30.2 Å². The highest BCUT2D eigenvalue weighted by molar-refractivity contribution is 7.86. The maximum atomic E-state index is 11.5. The van der Waals surface area contributed by atoms with Gasteiger partial charge in [0.05, 0.1) is 9.85 Å². The van der Waals surface area contributed by atoms with E-state index < -0.39 is 56.2 Å². The summed E-state index contributed by atoms with van der Waals surface area (Å²) in [4.78, 5) is 19.4. The number of rotatable bonds is 6. The molecule has 1 N–H and O–H groups in total. The zero-order valence-electron chi connectivity index (χ0n) is 11.9. The van der Waals surface area contributed by atoms with Gasteiger partial charge in [-0.25, -0.2) is 4.57 Å². The molecule has 0 spiro atoms. The van der Waals surface area contributed by atoms with Crippen LogP contribution in [0.2, 0.25) is 0 Å². The molecule has 0 heterocycles. The molecular formula is C12H7N2O9PS. The summed E-state index contributed by atoms with van der Waals surface area (Å²) >= 11 is 0. The van der Waals surface area contributed by atoms with E-state index in [4.69, 9.17) is 0 Å². The normalized spacial score (nSPS) is 11.2. The van der Waals surface area contributed by atoms with E-state index in [1.165, 1.54) is 30.3 Å². The van der Waals surface area contributed by atoms with E-state index in [1.807, 2.05) is 0 Å². The van der Waals surface area contributed by atoms with Crippen LogP contribution in [-0.4, -0.2) is 22.8 Å². The van der Waals surface area contributed by atoms with Crippen molar-refractivity contribution in [3.05, 3.63) is 56.6 Å². The molecule has 0 radical (unpaired) electrons. The Hall–Kier alpha value is -2.95. The highest BCUT2D eigenvalue weighted by Gasteiger charge is 2.39. The molecule has 2 aromatic carbocycles. The monoisotopic (exact) mass is 386 g/mol. The van der Waals surface area contributed by atoms with Crippen LogP contribution in [0.3, 0.4) is 0 Å². The van der Waals surface area contributed by atoms with Crippen LogP contribution in [0.1, 0.15) is 0 Å². The van der Waals surface area contributed by atoms with Crippen molar-refractivity contribution in [2.45, 2.75) is 4.90 Å². The van der Waals surface area contributed by atoms with Crippen LogP contribution < -0.4 is 4.52 Å². The number of hydrogen-bond donors (Lipinski definition) is 1. The third-order valence-electron chi connectivity index (χ3n) is 3.04. The third kappa shape index (κ3) is 3.60. The Kier molecular flexibility index (Phi) is 5.07. The molecule has 25 heavy (non-hydrogen) atoms. The molecule has 0 atom stereocenters. The summed E-state index contributed by atoms with van der Waals surface area (Å²) in [5, 5.41) is 22.8. The Bertz CT molecular complexity index is 976. The van der Waals surface area contributed by atoms with Gasteiger partial charge in [-0.3, -0.25) is 24.8 Å². The van der Waals surface area contributed by atoms with Crippen molar-refractivity contribution in [1.82, 2.24) is 0 Å². The molecule has 11 nitrogen and oxygen atoms in total. The Morgan fingerprint density at radius 1 is 1.04 bits per heavy atom. The zero-order chi connectivity index (χ0) is 18.8. The van der Waals surface area contributed by atoms with E-state index in [9.17, 15) is 37.8 Å². The predicted molar refractivity (Wildman–Crippen MR) is 83.2 cm³/mol. The molecule has 0 aliphatic rings. The second-order valence-electron chi connectivity index (χ2n) is 4.47. The van der Waals surface area contributed by atoms with Gasteiger partial charge in [0.15, 0.2) is 4.90 Å². The first kappa shape index (κ1) is 18.4. The van der Waals surface area contributed by atoms with E-state index in [0.717, 1.165) is 0 Å². The van der Waals surface area contributed by atoms with Crippen molar-refractivity contribution in [1.29, 1.82) is 0 Å². The van der Waals surface area contributed by atoms with Gasteiger partial charge in [0.25, 0.3) is 0 Å². The molecule has 0 aliphatic carbocycles. The summed E-state index contributed by atoms with van der Waals surface area (Å²) in [6.45, 7) is 0. The van der Waals surface area contributed by atoms with Crippen molar-refractivity contribution >= 4 is 30.2 Å². The van der Waals surface area contributed by atoms with E-state index in [0.29, 0.717) is 6.07 Å². The first-order valence-electron chi connectivity index (χ1n) is 6.20.